The van der Waals surface area contributed by atoms with E-state index < -0.39 is 9.05 Å². The average molecular weight is 235 g/mol. The van der Waals surface area contributed by atoms with Crippen LogP contribution in [0.1, 0.15) is 12.5 Å². The standard InChI is InChI=1S/C9H11ClO3S/c1-2-13-9-5-3-8(4-6-9)7-14(10,11)12/h3-6H,2,7H2,1H3. The summed E-state index contributed by atoms with van der Waals surface area (Å²) in [5.41, 5.74) is 0.656. The highest BCUT2D eigenvalue weighted by Crippen LogP contribution is 2.15. The molecule has 0 saturated carbocycles. The number of hydrogen-bond donors (Lipinski definition) is 0. The van der Waals surface area contributed by atoms with Crippen molar-refractivity contribution in [1.29, 1.82) is 0 Å². The normalized spacial score (nSPS) is 11.3. The van der Waals surface area contributed by atoms with Gasteiger partial charge in [0.2, 0.25) is 9.05 Å². The summed E-state index contributed by atoms with van der Waals surface area (Å²) in [5, 5.41) is 0. The maximum atomic E-state index is 10.7. The molecule has 0 spiro atoms. The Labute approximate surface area is 88.1 Å². The molecule has 0 amide bonds. The molecule has 1 aromatic carbocycles. The Morgan fingerprint density at radius 2 is 1.86 bits per heavy atom. The van der Waals surface area contributed by atoms with Gasteiger partial charge in [-0.3, -0.25) is 0 Å². The number of hydrogen-bond acceptors (Lipinski definition) is 3. The van der Waals surface area contributed by atoms with Crippen LogP contribution >= 0.6 is 10.7 Å². The number of halogens is 1. The molecule has 0 atom stereocenters. The van der Waals surface area contributed by atoms with Crippen LogP contribution in [0, 0.1) is 0 Å². The fraction of sp³-hybridized carbons (Fsp3) is 0.333. The van der Waals surface area contributed by atoms with Crippen LogP contribution in [0.3, 0.4) is 0 Å². The first kappa shape index (κ1) is 11.3. The molecule has 1 rings (SSSR count). The van der Waals surface area contributed by atoms with Crippen molar-refractivity contribution in [3.05, 3.63) is 29.8 Å². The molecular formula is C9H11ClO3S. The van der Waals surface area contributed by atoms with Crippen molar-refractivity contribution >= 4 is 19.7 Å². The Morgan fingerprint density at radius 3 is 2.29 bits per heavy atom. The van der Waals surface area contributed by atoms with Gasteiger partial charge in [-0.05, 0) is 24.6 Å². The number of rotatable bonds is 4. The van der Waals surface area contributed by atoms with Crippen molar-refractivity contribution in [3.63, 3.8) is 0 Å². The van der Waals surface area contributed by atoms with Crippen LogP contribution in [0.15, 0.2) is 24.3 Å². The zero-order valence-corrected chi connectivity index (χ0v) is 9.31. The predicted octanol–water partition coefficient (Wildman–Crippen LogP) is 2.15. The van der Waals surface area contributed by atoms with Crippen LogP contribution in [0.4, 0.5) is 0 Å². The van der Waals surface area contributed by atoms with Gasteiger partial charge >= 0.3 is 0 Å². The maximum Gasteiger partial charge on any atom is 0.236 e. The van der Waals surface area contributed by atoms with Gasteiger partial charge in [-0.1, -0.05) is 12.1 Å². The van der Waals surface area contributed by atoms with Crippen LogP contribution in [0.5, 0.6) is 5.75 Å². The van der Waals surface area contributed by atoms with E-state index in [1.807, 2.05) is 6.92 Å². The SMILES string of the molecule is CCOc1ccc(CS(=O)(=O)Cl)cc1. The molecule has 0 aliphatic rings. The highest BCUT2D eigenvalue weighted by Gasteiger charge is 2.06. The molecule has 0 N–H and O–H groups in total. The van der Waals surface area contributed by atoms with Gasteiger partial charge in [-0.2, -0.15) is 0 Å². The van der Waals surface area contributed by atoms with Gasteiger partial charge in [0.25, 0.3) is 0 Å². The summed E-state index contributed by atoms with van der Waals surface area (Å²) in [7, 11) is 1.64. The van der Waals surface area contributed by atoms with Crippen molar-refractivity contribution in [1.82, 2.24) is 0 Å². The lowest BCUT2D eigenvalue weighted by atomic mass is 10.2. The lowest BCUT2D eigenvalue weighted by Gasteiger charge is -2.03. The van der Waals surface area contributed by atoms with E-state index in [4.69, 9.17) is 15.4 Å². The topological polar surface area (TPSA) is 43.4 Å². The third-order valence-electron chi connectivity index (χ3n) is 1.57. The van der Waals surface area contributed by atoms with Crippen molar-refractivity contribution in [2.75, 3.05) is 6.61 Å². The molecule has 0 aliphatic carbocycles. The summed E-state index contributed by atoms with van der Waals surface area (Å²) in [6.45, 7) is 2.48. The Kier molecular flexibility index (Phi) is 3.77. The van der Waals surface area contributed by atoms with E-state index in [1.54, 1.807) is 24.3 Å². The maximum absolute atomic E-state index is 10.7. The van der Waals surface area contributed by atoms with Crippen molar-refractivity contribution < 1.29 is 13.2 Å². The summed E-state index contributed by atoms with van der Waals surface area (Å²) in [5.74, 6) is 0.573. The van der Waals surface area contributed by atoms with Gasteiger partial charge in [0.1, 0.15) is 5.75 Å². The second-order valence-electron chi connectivity index (χ2n) is 2.76. The van der Waals surface area contributed by atoms with Crippen molar-refractivity contribution in [2.24, 2.45) is 0 Å². The highest BCUT2D eigenvalue weighted by atomic mass is 35.7. The molecular weight excluding hydrogens is 224 g/mol. The molecule has 0 radical (unpaired) electrons. The van der Waals surface area contributed by atoms with Gasteiger partial charge in [-0.25, -0.2) is 8.42 Å². The molecule has 78 valence electrons. The van der Waals surface area contributed by atoms with Gasteiger partial charge in [-0.15, -0.1) is 0 Å². The summed E-state index contributed by atoms with van der Waals surface area (Å²) in [4.78, 5) is 0. The molecule has 0 fully saturated rings. The van der Waals surface area contributed by atoms with E-state index in [9.17, 15) is 8.42 Å². The van der Waals surface area contributed by atoms with E-state index in [0.717, 1.165) is 5.75 Å². The zero-order valence-electron chi connectivity index (χ0n) is 7.73. The monoisotopic (exact) mass is 234 g/mol. The third-order valence-corrected chi connectivity index (χ3v) is 2.58. The first-order valence-corrected chi connectivity index (χ1v) is 6.63. The minimum atomic E-state index is -3.47. The van der Waals surface area contributed by atoms with Crippen LogP contribution in [-0.4, -0.2) is 15.0 Å². The molecule has 1 aromatic rings. The third kappa shape index (κ3) is 3.98. The largest absolute Gasteiger partial charge is 0.494 e. The minimum absolute atomic E-state index is 0.152. The first-order chi connectivity index (χ1) is 6.51. The quantitative estimate of drug-likeness (QED) is 0.750. The van der Waals surface area contributed by atoms with Gasteiger partial charge in [0, 0.05) is 10.7 Å². The molecule has 0 bridgehead atoms. The summed E-state index contributed by atoms with van der Waals surface area (Å²) in [6.07, 6.45) is 0. The number of benzene rings is 1. The first-order valence-electron chi connectivity index (χ1n) is 4.15. The Balaban J connectivity index is 2.74. The summed E-state index contributed by atoms with van der Waals surface area (Å²) in [6, 6.07) is 6.82. The minimum Gasteiger partial charge on any atom is -0.494 e. The Morgan fingerprint density at radius 1 is 1.29 bits per heavy atom. The smallest absolute Gasteiger partial charge is 0.236 e. The van der Waals surface area contributed by atoms with Crippen LogP contribution in [0.25, 0.3) is 0 Å². The van der Waals surface area contributed by atoms with Crippen LogP contribution < -0.4 is 4.74 Å². The van der Waals surface area contributed by atoms with Crippen molar-refractivity contribution in [2.45, 2.75) is 12.7 Å². The molecule has 0 heterocycles. The molecule has 5 heteroatoms. The van der Waals surface area contributed by atoms with Gasteiger partial charge in [0.05, 0.1) is 12.4 Å². The molecule has 14 heavy (non-hydrogen) atoms. The van der Waals surface area contributed by atoms with Crippen LogP contribution in [0.2, 0.25) is 0 Å². The van der Waals surface area contributed by atoms with E-state index in [0.29, 0.717) is 12.2 Å². The lowest BCUT2D eigenvalue weighted by molar-refractivity contribution is 0.340. The summed E-state index contributed by atoms with van der Waals surface area (Å²) < 4.78 is 26.7. The van der Waals surface area contributed by atoms with E-state index in [-0.39, 0.29) is 5.75 Å². The highest BCUT2D eigenvalue weighted by molar-refractivity contribution is 8.13. The van der Waals surface area contributed by atoms with Crippen molar-refractivity contribution in [3.8, 4) is 5.75 Å². The Hall–Kier alpha value is -0.740. The second-order valence-corrected chi connectivity index (χ2v) is 5.54. The Bertz CT molecular complexity index is 383. The molecule has 0 aromatic heterocycles. The van der Waals surface area contributed by atoms with Crippen LogP contribution in [-0.2, 0) is 14.8 Å². The lowest BCUT2D eigenvalue weighted by Crippen LogP contribution is -1.95. The summed E-state index contributed by atoms with van der Waals surface area (Å²) >= 11 is 0. The fourth-order valence-corrected chi connectivity index (χ4v) is 2.02. The van der Waals surface area contributed by atoms with Gasteiger partial charge < -0.3 is 4.74 Å². The van der Waals surface area contributed by atoms with E-state index in [2.05, 4.69) is 0 Å². The number of ether oxygens (including phenoxy) is 1. The zero-order chi connectivity index (χ0) is 10.6. The molecule has 0 unspecified atom stereocenters. The van der Waals surface area contributed by atoms with Gasteiger partial charge in [0.15, 0.2) is 0 Å². The molecule has 0 aliphatic heterocycles. The average Bonchev–Trinajstić information content (AvgIpc) is 2.06. The van der Waals surface area contributed by atoms with E-state index >= 15 is 0 Å². The van der Waals surface area contributed by atoms with E-state index in [1.165, 1.54) is 0 Å². The predicted molar refractivity (Wildman–Crippen MR) is 56.1 cm³/mol. The fourth-order valence-electron chi connectivity index (χ4n) is 1.05. The second kappa shape index (κ2) is 4.66. The molecule has 0 saturated heterocycles. The molecule has 3 nitrogen and oxygen atoms in total.